The number of carbonyl (C=O) groups is 1. The van der Waals surface area contributed by atoms with Crippen LogP contribution < -0.4 is 14.4 Å². The maximum absolute atomic E-state index is 11.4. The van der Waals surface area contributed by atoms with Gasteiger partial charge in [-0.3, -0.25) is 9.80 Å². The first-order valence-corrected chi connectivity index (χ1v) is 11.6. The van der Waals surface area contributed by atoms with Crippen LogP contribution in [0, 0.1) is 6.92 Å². The lowest BCUT2D eigenvalue weighted by Gasteiger charge is -2.17. The first-order valence-electron chi connectivity index (χ1n) is 11.6. The summed E-state index contributed by atoms with van der Waals surface area (Å²) in [7, 11) is 3.76. The van der Waals surface area contributed by atoms with Gasteiger partial charge in [-0.1, -0.05) is 24.3 Å². The van der Waals surface area contributed by atoms with Crippen molar-refractivity contribution in [1.29, 1.82) is 0 Å². The Morgan fingerprint density at radius 2 is 1.86 bits per heavy atom. The van der Waals surface area contributed by atoms with Crippen LogP contribution in [0.15, 0.2) is 65.1 Å². The molecular weight excluding hydrogens is 444 g/mol. The number of hydrogen-bond donors (Lipinski definition) is 1. The maximum Gasteiger partial charge on any atom is 0.411 e. The molecule has 1 amide bonds. The summed E-state index contributed by atoms with van der Waals surface area (Å²) in [6.07, 6.45) is -0.258. The minimum absolute atomic E-state index is 0.467. The van der Waals surface area contributed by atoms with Crippen molar-refractivity contribution in [2.75, 3.05) is 25.6 Å². The molecule has 1 aromatic heterocycles. The minimum atomic E-state index is -0.933. The molecule has 1 N–H and O–H groups in total. The first-order chi connectivity index (χ1) is 16.9. The zero-order chi connectivity index (χ0) is 24.5. The average molecular weight is 473 g/mol. The van der Waals surface area contributed by atoms with E-state index in [0.717, 1.165) is 46.8 Å². The van der Waals surface area contributed by atoms with Gasteiger partial charge in [0.1, 0.15) is 17.3 Å². The number of amides is 1. The highest BCUT2D eigenvalue weighted by Crippen LogP contribution is 2.38. The minimum Gasteiger partial charge on any atom is -0.497 e. The van der Waals surface area contributed by atoms with E-state index < -0.39 is 6.09 Å². The van der Waals surface area contributed by atoms with Crippen molar-refractivity contribution in [3.63, 3.8) is 0 Å². The van der Waals surface area contributed by atoms with Gasteiger partial charge < -0.3 is 19.0 Å². The molecule has 1 aliphatic heterocycles. The SMILES string of the molecule is COc1ccc(CN(C)Cc2c(C)oc3c(Oc4ccc5c(c4)CCN5C(=O)O)cccc23)cc1. The Bertz CT molecular complexity index is 1380. The van der Waals surface area contributed by atoms with E-state index in [1.165, 1.54) is 10.5 Å². The highest BCUT2D eigenvalue weighted by Gasteiger charge is 2.25. The normalized spacial score (nSPS) is 12.9. The zero-order valence-electron chi connectivity index (χ0n) is 20.1. The average Bonchev–Trinajstić information content (AvgIpc) is 3.41. The van der Waals surface area contributed by atoms with Crippen molar-refractivity contribution in [3.05, 3.63) is 83.1 Å². The van der Waals surface area contributed by atoms with Crippen LogP contribution in [0.1, 0.15) is 22.5 Å². The van der Waals surface area contributed by atoms with E-state index in [0.29, 0.717) is 30.0 Å². The van der Waals surface area contributed by atoms with Gasteiger partial charge >= 0.3 is 6.09 Å². The van der Waals surface area contributed by atoms with Crippen molar-refractivity contribution in [1.82, 2.24) is 4.90 Å². The van der Waals surface area contributed by atoms with Crippen molar-refractivity contribution in [2.45, 2.75) is 26.4 Å². The van der Waals surface area contributed by atoms with Gasteiger partial charge in [-0.15, -0.1) is 0 Å². The highest BCUT2D eigenvalue weighted by molar-refractivity contribution is 5.89. The number of ether oxygens (including phenoxy) is 2. The van der Waals surface area contributed by atoms with Gasteiger partial charge in [-0.25, -0.2) is 4.79 Å². The van der Waals surface area contributed by atoms with Gasteiger partial charge in [0, 0.05) is 30.6 Å². The molecule has 7 nitrogen and oxygen atoms in total. The maximum atomic E-state index is 11.4. The smallest absolute Gasteiger partial charge is 0.411 e. The lowest BCUT2D eigenvalue weighted by atomic mass is 10.1. The Kier molecular flexibility index (Phi) is 6.09. The van der Waals surface area contributed by atoms with Crippen LogP contribution in [-0.2, 0) is 19.5 Å². The van der Waals surface area contributed by atoms with Crippen LogP contribution in [0.5, 0.6) is 17.2 Å². The summed E-state index contributed by atoms with van der Waals surface area (Å²) in [6, 6.07) is 19.6. The van der Waals surface area contributed by atoms with Crippen LogP contribution in [-0.4, -0.2) is 36.8 Å². The fraction of sp³-hybridized carbons (Fsp3) is 0.250. The molecular formula is C28H28N2O5. The summed E-state index contributed by atoms with van der Waals surface area (Å²) < 4.78 is 17.6. The van der Waals surface area contributed by atoms with Crippen LogP contribution in [0.4, 0.5) is 10.5 Å². The Labute approximate surface area is 204 Å². The molecule has 1 aliphatic rings. The third-order valence-corrected chi connectivity index (χ3v) is 6.43. The molecule has 0 fully saturated rings. The molecule has 0 spiro atoms. The van der Waals surface area contributed by atoms with Crippen LogP contribution in [0.25, 0.3) is 11.0 Å². The summed E-state index contributed by atoms with van der Waals surface area (Å²) in [4.78, 5) is 15.0. The Morgan fingerprint density at radius 3 is 2.60 bits per heavy atom. The van der Waals surface area contributed by atoms with E-state index in [2.05, 4.69) is 30.1 Å². The van der Waals surface area contributed by atoms with E-state index in [4.69, 9.17) is 13.9 Å². The number of fused-ring (bicyclic) bond motifs is 2. The van der Waals surface area contributed by atoms with Crippen molar-refractivity contribution >= 4 is 22.7 Å². The number of methoxy groups -OCH3 is 1. The number of rotatable bonds is 7. The summed E-state index contributed by atoms with van der Waals surface area (Å²) >= 11 is 0. The number of para-hydroxylation sites is 1. The van der Waals surface area contributed by atoms with E-state index >= 15 is 0 Å². The lowest BCUT2D eigenvalue weighted by Crippen LogP contribution is -2.26. The fourth-order valence-electron chi connectivity index (χ4n) is 4.68. The van der Waals surface area contributed by atoms with Crippen molar-refractivity contribution in [2.24, 2.45) is 0 Å². The monoisotopic (exact) mass is 472 g/mol. The number of carboxylic acid groups (broad SMARTS) is 1. The fourth-order valence-corrected chi connectivity index (χ4v) is 4.68. The molecule has 0 saturated heterocycles. The lowest BCUT2D eigenvalue weighted by molar-refractivity contribution is 0.202. The molecule has 180 valence electrons. The Hall–Kier alpha value is -3.97. The Balaban J connectivity index is 1.36. The Morgan fingerprint density at radius 1 is 1.09 bits per heavy atom. The van der Waals surface area contributed by atoms with E-state index in [1.807, 2.05) is 37.3 Å². The molecule has 3 aromatic carbocycles. The summed E-state index contributed by atoms with van der Waals surface area (Å²) in [5.41, 5.74) is 4.74. The predicted octanol–water partition coefficient (Wildman–Crippen LogP) is 6.21. The molecule has 5 rings (SSSR count). The molecule has 0 aliphatic carbocycles. The zero-order valence-corrected chi connectivity index (χ0v) is 20.1. The molecule has 0 radical (unpaired) electrons. The van der Waals surface area contributed by atoms with Gasteiger partial charge in [0.2, 0.25) is 0 Å². The number of hydrogen-bond acceptors (Lipinski definition) is 5. The topological polar surface area (TPSA) is 75.4 Å². The molecule has 0 atom stereocenters. The van der Waals surface area contributed by atoms with Gasteiger partial charge in [-0.2, -0.15) is 0 Å². The highest BCUT2D eigenvalue weighted by atomic mass is 16.5. The second-order valence-corrected chi connectivity index (χ2v) is 8.87. The van der Waals surface area contributed by atoms with Gasteiger partial charge in [0.25, 0.3) is 0 Å². The van der Waals surface area contributed by atoms with Gasteiger partial charge in [0.15, 0.2) is 11.3 Å². The quantitative estimate of drug-likeness (QED) is 0.344. The number of aryl methyl sites for hydroxylation is 1. The first kappa shape index (κ1) is 22.8. The second kappa shape index (κ2) is 9.35. The molecule has 2 heterocycles. The summed E-state index contributed by atoms with van der Waals surface area (Å²) in [6.45, 7) is 3.98. The third kappa shape index (κ3) is 4.55. The standard InChI is InChI=1S/C28H28N2O5/c1-18-24(17-29(2)16-19-7-9-21(33-3)10-8-19)23-5-4-6-26(27(23)34-18)35-22-11-12-25-20(15-22)13-14-30(25)28(31)32/h4-12,15H,13-14,16-17H2,1-3H3,(H,31,32). The molecule has 4 aromatic rings. The van der Waals surface area contributed by atoms with Crippen LogP contribution in [0.2, 0.25) is 0 Å². The van der Waals surface area contributed by atoms with Crippen LogP contribution in [0.3, 0.4) is 0 Å². The molecule has 35 heavy (non-hydrogen) atoms. The van der Waals surface area contributed by atoms with Crippen LogP contribution >= 0.6 is 0 Å². The molecule has 7 heteroatoms. The molecule has 0 unspecified atom stereocenters. The summed E-state index contributed by atoms with van der Waals surface area (Å²) in [5, 5.41) is 10.4. The van der Waals surface area contributed by atoms with E-state index in [1.54, 1.807) is 19.2 Å². The van der Waals surface area contributed by atoms with E-state index in [-0.39, 0.29) is 0 Å². The van der Waals surface area contributed by atoms with Gasteiger partial charge in [-0.05, 0) is 67.9 Å². The third-order valence-electron chi connectivity index (χ3n) is 6.43. The van der Waals surface area contributed by atoms with E-state index in [9.17, 15) is 9.90 Å². The number of anilines is 1. The van der Waals surface area contributed by atoms with Crippen molar-refractivity contribution in [3.8, 4) is 17.2 Å². The predicted molar refractivity (Wildman–Crippen MR) is 135 cm³/mol. The molecule has 0 saturated carbocycles. The number of furan rings is 1. The number of benzene rings is 3. The van der Waals surface area contributed by atoms with Crippen molar-refractivity contribution < 1.29 is 23.8 Å². The summed E-state index contributed by atoms with van der Waals surface area (Å²) in [5.74, 6) is 3.02. The number of nitrogens with zero attached hydrogens (tertiary/aromatic N) is 2. The molecule has 0 bridgehead atoms. The second-order valence-electron chi connectivity index (χ2n) is 8.87. The van der Waals surface area contributed by atoms with Gasteiger partial charge in [0.05, 0.1) is 12.8 Å². The largest absolute Gasteiger partial charge is 0.497 e.